The van der Waals surface area contributed by atoms with Crippen LogP contribution in [0.25, 0.3) is 0 Å². The maximum absolute atomic E-state index is 12.4. The van der Waals surface area contributed by atoms with Gasteiger partial charge >= 0.3 is 5.97 Å². The van der Waals surface area contributed by atoms with Gasteiger partial charge in [-0.2, -0.15) is 0 Å². The number of rotatable bonds is 4. The minimum atomic E-state index is -0.962. The minimum Gasteiger partial charge on any atom is -0.481 e. The van der Waals surface area contributed by atoms with Gasteiger partial charge in [0.2, 0.25) is 0 Å². The van der Waals surface area contributed by atoms with Crippen LogP contribution >= 0.6 is 11.6 Å². The molecule has 0 saturated carbocycles. The van der Waals surface area contributed by atoms with Gasteiger partial charge in [-0.25, -0.2) is 4.79 Å². The van der Waals surface area contributed by atoms with Gasteiger partial charge in [0.25, 0.3) is 5.91 Å². The summed E-state index contributed by atoms with van der Waals surface area (Å²) in [4.78, 5) is 24.9. The summed E-state index contributed by atoms with van der Waals surface area (Å²) < 4.78 is 5.66. The molecule has 1 saturated heterocycles. The summed E-state index contributed by atoms with van der Waals surface area (Å²) in [5, 5.41) is 9.73. The second kappa shape index (κ2) is 6.35. The van der Waals surface area contributed by atoms with Crippen molar-refractivity contribution >= 4 is 23.5 Å². The van der Waals surface area contributed by atoms with E-state index in [1.54, 1.807) is 25.1 Å². The van der Waals surface area contributed by atoms with Gasteiger partial charge in [-0.05, 0) is 50.5 Å². The van der Waals surface area contributed by atoms with E-state index < -0.39 is 18.1 Å². The molecular formula is C15H18ClNO4. The Balaban J connectivity index is 2.07. The third-order valence-electron chi connectivity index (χ3n) is 3.61. The van der Waals surface area contributed by atoms with E-state index in [9.17, 15) is 9.59 Å². The van der Waals surface area contributed by atoms with Crippen molar-refractivity contribution in [2.24, 2.45) is 0 Å². The van der Waals surface area contributed by atoms with Crippen LogP contribution in [0.3, 0.4) is 0 Å². The molecular weight excluding hydrogens is 294 g/mol. The zero-order valence-electron chi connectivity index (χ0n) is 12.0. The van der Waals surface area contributed by atoms with Crippen LogP contribution in [0.1, 0.15) is 25.3 Å². The topological polar surface area (TPSA) is 66.8 Å². The first-order valence-electron chi connectivity index (χ1n) is 6.86. The molecule has 1 aromatic rings. The van der Waals surface area contributed by atoms with Gasteiger partial charge < -0.3 is 14.7 Å². The Morgan fingerprint density at radius 1 is 1.48 bits per heavy atom. The lowest BCUT2D eigenvalue weighted by molar-refractivity contribution is -0.150. The quantitative estimate of drug-likeness (QED) is 0.927. The Kier molecular flexibility index (Phi) is 4.73. The molecule has 1 unspecified atom stereocenters. The number of ether oxygens (including phenoxy) is 1. The molecule has 1 aromatic carbocycles. The number of halogens is 1. The molecule has 2 atom stereocenters. The van der Waals surface area contributed by atoms with Crippen LogP contribution in [-0.4, -0.2) is 40.6 Å². The van der Waals surface area contributed by atoms with Gasteiger partial charge in [-0.15, -0.1) is 0 Å². The monoisotopic (exact) mass is 311 g/mol. The number of aryl methyl sites for hydroxylation is 1. The highest BCUT2D eigenvalue weighted by molar-refractivity contribution is 6.30. The van der Waals surface area contributed by atoms with E-state index in [0.717, 1.165) is 5.56 Å². The first-order chi connectivity index (χ1) is 9.90. The smallest absolute Gasteiger partial charge is 0.326 e. The molecule has 6 heteroatoms. The summed E-state index contributed by atoms with van der Waals surface area (Å²) in [6, 6.07) is 4.41. The summed E-state index contributed by atoms with van der Waals surface area (Å²) in [6.45, 7) is 3.94. The molecule has 1 amide bonds. The van der Waals surface area contributed by atoms with Gasteiger partial charge in [0.15, 0.2) is 6.10 Å². The predicted molar refractivity (Wildman–Crippen MR) is 78.6 cm³/mol. The predicted octanol–water partition coefficient (Wildman–Crippen LogP) is 2.49. The zero-order chi connectivity index (χ0) is 15.6. The molecule has 1 N–H and O–H groups in total. The van der Waals surface area contributed by atoms with Gasteiger partial charge in [-0.1, -0.05) is 11.6 Å². The average Bonchev–Trinajstić information content (AvgIpc) is 2.90. The van der Waals surface area contributed by atoms with Crippen LogP contribution in [0.2, 0.25) is 5.02 Å². The molecule has 0 radical (unpaired) electrons. The van der Waals surface area contributed by atoms with Gasteiger partial charge in [0.05, 0.1) is 0 Å². The Hall–Kier alpha value is -1.75. The SMILES string of the molecule is Cc1cc(Cl)ccc1OC(C)C(=O)N1CCC[C@@H]1C(=O)O. The molecule has 0 bridgehead atoms. The summed E-state index contributed by atoms with van der Waals surface area (Å²) in [7, 11) is 0. The highest BCUT2D eigenvalue weighted by Gasteiger charge is 2.36. The van der Waals surface area contributed by atoms with E-state index >= 15 is 0 Å². The lowest BCUT2D eigenvalue weighted by atomic mass is 10.2. The third-order valence-corrected chi connectivity index (χ3v) is 3.84. The Bertz CT molecular complexity index is 561. The molecule has 21 heavy (non-hydrogen) atoms. The number of aliphatic carboxylic acids is 1. The minimum absolute atomic E-state index is 0.297. The fourth-order valence-corrected chi connectivity index (χ4v) is 2.73. The van der Waals surface area contributed by atoms with Crippen LogP contribution < -0.4 is 4.74 Å². The molecule has 1 aliphatic rings. The standard InChI is InChI=1S/C15H18ClNO4/c1-9-8-11(16)5-6-13(9)21-10(2)14(18)17-7-3-4-12(17)15(19)20/h5-6,8,10,12H,3-4,7H2,1-2H3,(H,19,20)/t10?,12-/m1/s1. The van der Waals surface area contributed by atoms with Crippen molar-refractivity contribution in [3.63, 3.8) is 0 Å². The number of hydrogen-bond donors (Lipinski definition) is 1. The maximum Gasteiger partial charge on any atom is 0.326 e. The molecule has 1 heterocycles. The number of nitrogens with zero attached hydrogens (tertiary/aromatic N) is 1. The first kappa shape index (κ1) is 15.6. The molecule has 114 valence electrons. The average molecular weight is 312 g/mol. The number of amides is 1. The molecule has 5 nitrogen and oxygen atoms in total. The summed E-state index contributed by atoms with van der Waals surface area (Å²) in [6.07, 6.45) is 0.466. The Labute approximate surface area is 128 Å². The third kappa shape index (κ3) is 3.47. The fraction of sp³-hybridized carbons (Fsp3) is 0.467. The van der Waals surface area contributed by atoms with Gasteiger partial charge in [-0.3, -0.25) is 4.79 Å². The Morgan fingerprint density at radius 3 is 2.81 bits per heavy atom. The number of benzene rings is 1. The van der Waals surface area contributed by atoms with Crippen LogP contribution in [-0.2, 0) is 9.59 Å². The van der Waals surface area contributed by atoms with E-state index in [1.807, 2.05) is 6.92 Å². The van der Waals surface area contributed by atoms with Crippen LogP contribution in [0.4, 0.5) is 0 Å². The van der Waals surface area contributed by atoms with E-state index in [-0.39, 0.29) is 5.91 Å². The van der Waals surface area contributed by atoms with Crippen molar-refractivity contribution in [1.29, 1.82) is 0 Å². The van der Waals surface area contributed by atoms with Crippen molar-refractivity contribution in [2.45, 2.75) is 38.8 Å². The van der Waals surface area contributed by atoms with Crippen molar-refractivity contribution < 1.29 is 19.4 Å². The maximum atomic E-state index is 12.4. The van der Waals surface area contributed by atoms with Crippen molar-refractivity contribution in [3.8, 4) is 5.75 Å². The number of carboxylic acids is 1. The lowest BCUT2D eigenvalue weighted by Crippen LogP contribution is -2.46. The molecule has 0 aliphatic carbocycles. The normalized spacial score (nSPS) is 19.4. The Morgan fingerprint density at radius 2 is 2.19 bits per heavy atom. The van der Waals surface area contributed by atoms with E-state index in [2.05, 4.69) is 0 Å². The first-order valence-corrected chi connectivity index (χ1v) is 7.24. The largest absolute Gasteiger partial charge is 0.481 e. The van der Waals surface area contributed by atoms with Crippen molar-refractivity contribution in [3.05, 3.63) is 28.8 Å². The van der Waals surface area contributed by atoms with Crippen molar-refractivity contribution in [1.82, 2.24) is 4.90 Å². The summed E-state index contributed by atoms with van der Waals surface area (Å²) in [5.41, 5.74) is 0.832. The van der Waals surface area contributed by atoms with Gasteiger partial charge in [0, 0.05) is 11.6 Å². The van der Waals surface area contributed by atoms with E-state index in [4.69, 9.17) is 21.4 Å². The van der Waals surface area contributed by atoms with Crippen LogP contribution in [0, 0.1) is 6.92 Å². The molecule has 1 aliphatic heterocycles. The number of hydrogen-bond acceptors (Lipinski definition) is 3. The highest BCUT2D eigenvalue weighted by atomic mass is 35.5. The van der Waals surface area contributed by atoms with E-state index in [0.29, 0.717) is 30.2 Å². The fourth-order valence-electron chi connectivity index (χ4n) is 2.51. The second-order valence-electron chi connectivity index (χ2n) is 5.20. The second-order valence-corrected chi connectivity index (χ2v) is 5.63. The van der Waals surface area contributed by atoms with Gasteiger partial charge in [0.1, 0.15) is 11.8 Å². The van der Waals surface area contributed by atoms with E-state index in [1.165, 1.54) is 4.90 Å². The van der Waals surface area contributed by atoms with Crippen LogP contribution in [0.15, 0.2) is 18.2 Å². The lowest BCUT2D eigenvalue weighted by Gasteiger charge is -2.25. The molecule has 1 fully saturated rings. The number of carbonyl (C=O) groups is 2. The molecule has 2 rings (SSSR count). The zero-order valence-corrected chi connectivity index (χ0v) is 12.8. The van der Waals surface area contributed by atoms with Crippen molar-refractivity contribution in [2.75, 3.05) is 6.54 Å². The molecule has 0 aromatic heterocycles. The summed E-state index contributed by atoms with van der Waals surface area (Å²) in [5.74, 6) is -0.684. The number of carboxylic acid groups (broad SMARTS) is 1. The highest BCUT2D eigenvalue weighted by Crippen LogP contribution is 2.24. The number of likely N-dealkylation sites (tertiary alicyclic amines) is 1. The van der Waals surface area contributed by atoms with Crippen LogP contribution in [0.5, 0.6) is 5.75 Å². The summed E-state index contributed by atoms with van der Waals surface area (Å²) >= 11 is 5.88. The molecule has 0 spiro atoms. The number of carbonyl (C=O) groups excluding carboxylic acids is 1.